The molecule has 1 atom stereocenters. The Labute approximate surface area is 173 Å². The Morgan fingerprint density at radius 1 is 1.08 bits per heavy atom. The average Bonchev–Trinajstić information content (AvgIpc) is 2.62. The highest BCUT2D eigenvalue weighted by Crippen LogP contribution is 2.14. The second kappa shape index (κ2) is 12.5. The highest BCUT2D eigenvalue weighted by molar-refractivity contribution is 14.0. The van der Waals surface area contributed by atoms with Gasteiger partial charge in [-0.15, -0.1) is 24.0 Å². The molecule has 0 saturated heterocycles. The van der Waals surface area contributed by atoms with E-state index in [0.29, 0.717) is 25.7 Å². The number of nitrogens with one attached hydrogen (secondary N) is 1. The van der Waals surface area contributed by atoms with Crippen LogP contribution in [-0.4, -0.2) is 32.3 Å². The summed E-state index contributed by atoms with van der Waals surface area (Å²) in [7, 11) is 1.67. The van der Waals surface area contributed by atoms with E-state index in [0.717, 1.165) is 17.7 Å². The van der Waals surface area contributed by atoms with E-state index in [4.69, 9.17) is 15.2 Å². The summed E-state index contributed by atoms with van der Waals surface area (Å²) in [5, 5.41) is 3.09. The molecule has 0 aromatic heterocycles. The first-order chi connectivity index (χ1) is 12.2. The largest absolute Gasteiger partial charge is 0.489 e. The van der Waals surface area contributed by atoms with Crippen molar-refractivity contribution in [1.29, 1.82) is 0 Å². The molecule has 0 radical (unpaired) electrons. The number of methoxy groups -OCH3 is 1. The van der Waals surface area contributed by atoms with E-state index in [9.17, 15) is 0 Å². The number of hydrogen-bond acceptors (Lipinski definition) is 3. The van der Waals surface area contributed by atoms with Gasteiger partial charge in [0.05, 0.1) is 6.61 Å². The SMILES string of the molecule is COCC(C)NC(N)=NCCc1ccc(OCc2ccccc2)cc1.I. The van der Waals surface area contributed by atoms with Crippen molar-refractivity contribution in [3.05, 3.63) is 65.7 Å². The van der Waals surface area contributed by atoms with Crippen LogP contribution in [0, 0.1) is 0 Å². The van der Waals surface area contributed by atoms with Crippen molar-refractivity contribution < 1.29 is 9.47 Å². The molecule has 0 aliphatic heterocycles. The maximum atomic E-state index is 5.85. The minimum Gasteiger partial charge on any atom is -0.489 e. The van der Waals surface area contributed by atoms with Crippen LogP contribution in [0.25, 0.3) is 0 Å². The summed E-state index contributed by atoms with van der Waals surface area (Å²) in [6.45, 7) is 3.82. The monoisotopic (exact) mass is 469 g/mol. The maximum absolute atomic E-state index is 5.85. The van der Waals surface area contributed by atoms with Gasteiger partial charge in [-0.2, -0.15) is 0 Å². The summed E-state index contributed by atoms with van der Waals surface area (Å²) in [4.78, 5) is 4.34. The fraction of sp³-hybridized carbons (Fsp3) is 0.350. The van der Waals surface area contributed by atoms with E-state index in [-0.39, 0.29) is 30.0 Å². The van der Waals surface area contributed by atoms with Gasteiger partial charge in [0.2, 0.25) is 0 Å². The van der Waals surface area contributed by atoms with Crippen LogP contribution in [0.1, 0.15) is 18.1 Å². The highest BCUT2D eigenvalue weighted by atomic mass is 127. The Balaban J connectivity index is 0.00000338. The van der Waals surface area contributed by atoms with E-state index in [1.54, 1.807) is 7.11 Å². The first kappa shape index (κ1) is 22.2. The molecule has 2 aromatic rings. The third-order valence-corrected chi connectivity index (χ3v) is 3.67. The molecule has 0 aliphatic rings. The van der Waals surface area contributed by atoms with Crippen molar-refractivity contribution in [2.45, 2.75) is 26.0 Å². The van der Waals surface area contributed by atoms with E-state index in [1.165, 1.54) is 5.56 Å². The van der Waals surface area contributed by atoms with Crippen LogP contribution in [0.15, 0.2) is 59.6 Å². The molecule has 0 amide bonds. The Hall–Kier alpha value is -1.80. The number of benzene rings is 2. The van der Waals surface area contributed by atoms with Gasteiger partial charge in [-0.05, 0) is 36.6 Å². The molecule has 1 unspecified atom stereocenters. The number of nitrogens with two attached hydrogens (primary N) is 1. The molecular formula is C20H28IN3O2. The number of hydrogen-bond donors (Lipinski definition) is 2. The van der Waals surface area contributed by atoms with Crippen LogP contribution in [0.3, 0.4) is 0 Å². The van der Waals surface area contributed by atoms with Crippen molar-refractivity contribution in [3.8, 4) is 5.75 Å². The molecule has 6 heteroatoms. The molecule has 2 aromatic carbocycles. The van der Waals surface area contributed by atoms with E-state index in [2.05, 4.69) is 34.6 Å². The van der Waals surface area contributed by atoms with Gasteiger partial charge in [0, 0.05) is 19.7 Å². The third-order valence-electron chi connectivity index (χ3n) is 3.67. The number of halogens is 1. The summed E-state index contributed by atoms with van der Waals surface area (Å²) < 4.78 is 10.8. The van der Waals surface area contributed by atoms with Crippen molar-refractivity contribution in [1.82, 2.24) is 5.32 Å². The number of ether oxygens (including phenoxy) is 2. The van der Waals surface area contributed by atoms with Gasteiger partial charge in [-0.25, -0.2) is 0 Å². The number of guanidine groups is 1. The molecule has 2 rings (SSSR count). The Morgan fingerprint density at radius 3 is 2.42 bits per heavy atom. The summed E-state index contributed by atoms with van der Waals surface area (Å²) >= 11 is 0. The van der Waals surface area contributed by atoms with Crippen LogP contribution in [0.2, 0.25) is 0 Å². The zero-order chi connectivity index (χ0) is 17.9. The van der Waals surface area contributed by atoms with Crippen LogP contribution >= 0.6 is 24.0 Å². The Bertz CT molecular complexity index is 648. The maximum Gasteiger partial charge on any atom is 0.188 e. The summed E-state index contributed by atoms with van der Waals surface area (Å²) in [6.07, 6.45) is 0.833. The van der Waals surface area contributed by atoms with Crippen molar-refractivity contribution in [3.63, 3.8) is 0 Å². The number of aliphatic imine (C=N–C) groups is 1. The topological polar surface area (TPSA) is 68.9 Å². The van der Waals surface area contributed by atoms with Crippen molar-refractivity contribution in [2.75, 3.05) is 20.3 Å². The van der Waals surface area contributed by atoms with Gasteiger partial charge in [0.25, 0.3) is 0 Å². The summed E-state index contributed by atoms with van der Waals surface area (Å²) in [5.41, 5.74) is 8.21. The lowest BCUT2D eigenvalue weighted by atomic mass is 10.1. The summed E-state index contributed by atoms with van der Waals surface area (Å²) in [5.74, 6) is 1.32. The molecule has 0 spiro atoms. The van der Waals surface area contributed by atoms with Gasteiger partial charge in [0.15, 0.2) is 5.96 Å². The first-order valence-corrected chi connectivity index (χ1v) is 8.48. The van der Waals surface area contributed by atoms with Crippen molar-refractivity contribution >= 4 is 29.9 Å². The molecule has 0 heterocycles. The number of nitrogens with zero attached hydrogens (tertiary/aromatic N) is 1. The number of rotatable bonds is 9. The molecule has 0 bridgehead atoms. The molecule has 26 heavy (non-hydrogen) atoms. The fourth-order valence-electron chi connectivity index (χ4n) is 2.39. The minimum atomic E-state index is 0. The lowest BCUT2D eigenvalue weighted by Crippen LogP contribution is -2.40. The first-order valence-electron chi connectivity index (χ1n) is 8.48. The molecule has 142 valence electrons. The van der Waals surface area contributed by atoms with Gasteiger partial charge < -0.3 is 20.5 Å². The predicted molar refractivity (Wildman–Crippen MR) is 117 cm³/mol. The minimum absolute atomic E-state index is 0. The molecule has 0 fully saturated rings. The quantitative estimate of drug-likeness (QED) is 0.336. The van der Waals surface area contributed by atoms with Crippen molar-refractivity contribution in [2.24, 2.45) is 10.7 Å². The van der Waals surface area contributed by atoms with Gasteiger partial charge in [0.1, 0.15) is 12.4 Å². The predicted octanol–water partition coefficient (Wildman–Crippen LogP) is 3.37. The molecular weight excluding hydrogens is 441 g/mol. The van der Waals surface area contributed by atoms with E-state index < -0.39 is 0 Å². The second-order valence-electron chi connectivity index (χ2n) is 5.94. The van der Waals surface area contributed by atoms with Gasteiger partial charge >= 0.3 is 0 Å². The standard InChI is InChI=1S/C20H27N3O2.HI/c1-16(14-24-2)23-20(21)22-13-12-17-8-10-19(11-9-17)25-15-18-6-4-3-5-7-18;/h3-11,16H,12-15H2,1-2H3,(H3,21,22,23);1H. The second-order valence-corrected chi connectivity index (χ2v) is 5.94. The normalized spacial score (nSPS) is 12.2. The zero-order valence-electron chi connectivity index (χ0n) is 15.4. The van der Waals surface area contributed by atoms with E-state index >= 15 is 0 Å². The van der Waals surface area contributed by atoms with Crippen LogP contribution in [-0.2, 0) is 17.8 Å². The molecule has 3 N–H and O–H groups in total. The van der Waals surface area contributed by atoms with Crippen LogP contribution in [0.4, 0.5) is 0 Å². The fourth-order valence-corrected chi connectivity index (χ4v) is 2.39. The van der Waals surface area contributed by atoms with Gasteiger partial charge in [-0.3, -0.25) is 4.99 Å². The zero-order valence-corrected chi connectivity index (χ0v) is 17.7. The Morgan fingerprint density at radius 2 is 1.77 bits per heavy atom. The lowest BCUT2D eigenvalue weighted by molar-refractivity contribution is 0.179. The van der Waals surface area contributed by atoms with Crippen LogP contribution in [0.5, 0.6) is 5.75 Å². The average molecular weight is 469 g/mol. The summed E-state index contributed by atoms with van der Waals surface area (Å²) in [6, 6.07) is 18.4. The van der Waals surface area contributed by atoms with E-state index in [1.807, 2.05) is 37.3 Å². The lowest BCUT2D eigenvalue weighted by Gasteiger charge is -2.13. The smallest absolute Gasteiger partial charge is 0.188 e. The Kier molecular flexibility index (Phi) is 10.7. The van der Waals surface area contributed by atoms with Gasteiger partial charge in [-0.1, -0.05) is 42.5 Å². The van der Waals surface area contributed by atoms with Crippen LogP contribution < -0.4 is 15.8 Å². The molecule has 5 nitrogen and oxygen atoms in total. The molecule has 0 aliphatic carbocycles. The molecule has 0 saturated carbocycles. The third kappa shape index (κ3) is 8.53. The highest BCUT2D eigenvalue weighted by Gasteiger charge is 2.01.